The molecule has 0 saturated carbocycles. The highest BCUT2D eigenvalue weighted by atomic mass is 127. The predicted octanol–water partition coefficient (Wildman–Crippen LogP) is 4.05. The van der Waals surface area contributed by atoms with Crippen molar-refractivity contribution in [1.82, 2.24) is 0 Å². The maximum atomic E-state index is 11.2. The molecule has 0 atom stereocenters. The fraction of sp³-hybridized carbons (Fsp3) is 0.222. The molecule has 4 heteroatoms. The van der Waals surface area contributed by atoms with Crippen molar-refractivity contribution < 1.29 is 4.79 Å². The lowest BCUT2D eigenvalue weighted by Crippen LogP contribution is -1.95. The highest BCUT2D eigenvalue weighted by Gasteiger charge is 2.07. The second-order valence-corrected chi connectivity index (χ2v) is 4.63. The van der Waals surface area contributed by atoms with E-state index < -0.39 is 0 Å². The van der Waals surface area contributed by atoms with E-state index in [1.165, 1.54) is 5.56 Å². The molecule has 13 heavy (non-hydrogen) atoms. The molecule has 0 radical (unpaired) electrons. The minimum Gasteiger partial charge on any atom is -0.282 e. The van der Waals surface area contributed by atoms with Crippen LogP contribution in [0.5, 0.6) is 0 Å². The zero-order valence-corrected chi connectivity index (χ0v) is 12.0. The molecule has 0 spiro atoms. The number of carbonyl (C=O) groups excluding carboxylic acids is 1. The molecule has 0 aliphatic heterocycles. The predicted molar refractivity (Wildman–Crippen MR) is 70.1 cm³/mol. The van der Waals surface area contributed by atoms with Crippen molar-refractivity contribution >= 4 is 58.2 Å². The van der Waals surface area contributed by atoms with Gasteiger partial charge in [0.1, 0.15) is 0 Å². The first-order valence-corrected chi connectivity index (χ1v) is 6.94. The van der Waals surface area contributed by atoms with Crippen LogP contribution in [0.3, 0.4) is 0 Å². The molecule has 0 saturated heterocycles. The van der Waals surface area contributed by atoms with Gasteiger partial charge in [-0.3, -0.25) is 4.79 Å². The highest BCUT2D eigenvalue weighted by Crippen LogP contribution is 2.19. The third-order valence-electron chi connectivity index (χ3n) is 1.68. The van der Waals surface area contributed by atoms with Crippen molar-refractivity contribution in [3.8, 4) is 0 Å². The van der Waals surface area contributed by atoms with E-state index in [1.807, 2.05) is 40.8 Å². The summed E-state index contributed by atoms with van der Waals surface area (Å²) in [7, 11) is 0. The Bertz CT molecular complexity index is 325. The Morgan fingerprint density at radius 2 is 2.00 bits per heavy atom. The molecule has 1 aromatic carbocycles. The lowest BCUT2D eigenvalue weighted by atomic mass is 10.1. The lowest BCUT2D eigenvalue weighted by molar-refractivity contribution is 0.110. The zero-order chi connectivity index (χ0) is 9.84. The SMILES string of the molecule is O=C(I)c1ccc(CBr)cc1CBr. The van der Waals surface area contributed by atoms with Gasteiger partial charge in [0.25, 0.3) is 0 Å². The third-order valence-corrected chi connectivity index (χ3v) is 3.51. The Kier molecular flexibility index (Phi) is 4.89. The molecule has 0 aromatic heterocycles. The van der Waals surface area contributed by atoms with Crippen molar-refractivity contribution in [3.63, 3.8) is 0 Å². The van der Waals surface area contributed by atoms with Crippen LogP contribution >= 0.6 is 54.5 Å². The number of benzene rings is 1. The number of rotatable bonds is 3. The van der Waals surface area contributed by atoms with Crippen LogP contribution in [0.15, 0.2) is 18.2 Å². The summed E-state index contributed by atoms with van der Waals surface area (Å²) in [6, 6.07) is 5.88. The van der Waals surface area contributed by atoms with Gasteiger partial charge in [0.15, 0.2) is 0 Å². The van der Waals surface area contributed by atoms with E-state index in [-0.39, 0.29) is 3.79 Å². The van der Waals surface area contributed by atoms with E-state index in [1.54, 1.807) is 0 Å². The first-order chi connectivity index (χ1) is 6.19. The molecule has 0 unspecified atom stereocenters. The van der Waals surface area contributed by atoms with Crippen molar-refractivity contribution in [3.05, 3.63) is 34.9 Å². The van der Waals surface area contributed by atoms with E-state index in [2.05, 4.69) is 31.9 Å². The van der Waals surface area contributed by atoms with Gasteiger partial charge in [-0.15, -0.1) is 0 Å². The van der Waals surface area contributed by atoms with E-state index in [0.29, 0.717) is 0 Å². The summed E-state index contributed by atoms with van der Waals surface area (Å²) in [4.78, 5) is 11.2. The minimum absolute atomic E-state index is 0.0909. The average Bonchev–Trinajstić information content (AvgIpc) is 2.16. The normalized spacial score (nSPS) is 10.1. The van der Waals surface area contributed by atoms with Gasteiger partial charge in [-0.1, -0.05) is 44.0 Å². The molecule has 0 aliphatic rings. The van der Waals surface area contributed by atoms with Crippen LogP contribution in [0.25, 0.3) is 0 Å². The standard InChI is InChI=1S/C9H7Br2IO/c10-4-6-1-2-8(9(12)13)7(3-6)5-11/h1-3H,4-5H2. The molecule has 0 N–H and O–H groups in total. The van der Waals surface area contributed by atoms with Crippen LogP contribution in [-0.4, -0.2) is 3.79 Å². The van der Waals surface area contributed by atoms with E-state index in [9.17, 15) is 4.79 Å². The number of halogens is 3. The second-order valence-electron chi connectivity index (χ2n) is 2.53. The van der Waals surface area contributed by atoms with Crippen molar-refractivity contribution in [2.24, 2.45) is 0 Å². The molecule has 70 valence electrons. The number of alkyl halides is 2. The molecular weight excluding hydrogens is 411 g/mol. The molecule has 1 rings (SSSR count). The Hall–Kier alpha value is 0.580. The van der Waals surface area contributed by atoms with E-state index >= 15 is 0 Å². The van der Waals surface area contributed by atoms with Crippen LogP contribution < -0.4 is 0 Å². The summed E-state index contributed by atoms with van der Waals surface area (Å²) in [6.45, 7) is 0. The van der Waals surface area contributed by atoms with Crippen LogP contribution in [0, 0.1) is 0 Å². The lowest BCUT2D eigenvalue weighted by Gasteiger charge is -2.04. The average molecular weight is 418 g/mol. The maximum absolute atomic E-state index is 11.2. The Morgan fingerprint density at radius 3 is 2.46 bits per heavy atom. The fourth-order valence-corrected chi connectivity index (χ4v) is 2.37. The molecule has 0 aliphatic carbocycles. The summed E-state index contributed by atoms with van der Waals surface area (Å²) in [5.74, 6) is 0. The van der Waals surface area contributed by atoms with Gasteiger partial charge in [-0.05, 0) is 17.2 Å². The third kappa shape index (κ3) is 3.02. The Morgan fingerprint density at radius 1 is 1.31 bits per heavy atom. The molecule has 0 heterocycles. The molecule has 0 fully saturated rings. The largest absolute Gasteiger partial charge is 0.282 e. The van der Waals surface area contributed by atoms with Gasteiger partial charge in [0.2, 0.25) is 3.79 Å². The molecule has 1 nitrogen and oxygen atoms in total. The quantitative estimate of drug-likeness (QED) is 0.412. The number of carbonyl (C=O) groups is 1. The summed E-state index contributed by atoms with van der Waals surface area (Å²) in [5, 5.41) is 1.54. The van der Waals surface area contributed by atoms with Crippen molar-refractivity contribution in [1.29, 1.82) is 0 Å². The maximum Gasteiger partial charge on any atom is 0.222 e. The van der Waals surface area contributed by atoms with Gasteiger partial charge in [0.05, 0.1) is 0 Å². The van der Waals surface area contributed by atoms with Crippen molar-refractivity contribution in [2.75, 3.05) is 0 Å². The van der Waals surface area contributed by atoms with Crippen molar-refractivity contribution in [2.45, 2.75) is 10.7 Å². The Balaban J connectivity index is 3.15. The molecule has 0 amide bonds. The first kappa shape index (κ1) is 11.7. The van der Waals surface area contributed by atoms with E-state index in [4.69, 9.17) is 0 Å². The minimum atomic E-state index is 0.0909. The smallest absolute Gasteiger partial charge is 0.222 e. The van der Waals surface area contributed by atoms with Crippen LogP contribution in [0.4, 0.5) is 0 Å². The number of hydrogen-bond donors (Lipinski definition) is 0. The zero-order valence-electron chi connectivity index (χ0n) is 6.69. The molecule has 0 bridgehead atoms. The fourth-order valence-electron chi connectivity index (χ4n) is 1.03. The molecular formula is C9H7Br2IO. The van der Waals surface area contributed by atoms with Gasteiger partial charge in [-0.2, -0.15) is 0 Å². The van der Waals surface area contributed by atoms with Crippen LogP contribution in [0.1, 0.15) is 21.5 Å². The summed E-state index contributed by atoms with van der Waals surface area (Å²) in [6.07, 6.45) is 0. The van der Waals surface area contributed by atoms with Crippen LogP contribution in [-0.2, 0) is 10.7 Å². The number of hydrogen-bond acceptors (Lipinski definition) is 1. The first-order valence-electron chi connectivity index (χ1n) is 3.62. The second kappa shape index (κ2) is 5.46. The van der Waals surface area contributed by atoms with Gasteiger partial charge < -0.3 is 0 Å². The molecule has 1 aromatic rings. The highest BCUT2D eigenvalue weighted by molar-refractivity contribution is 14.1. The van der Waals surface area contributed by atoms with E-state index in [0.717, 1.165) is 21.8 Å². The van der Waals surface area contributed by atoms with Crippen LogP contribution in [0.2, 0.25) is 0 Å². The summed E-state index contributed by atoms with van der Waals surface area (Å²) < 4.78 is 0.0909. The summed E-state index contributed by atoms with van der Waals surface area (Å²) >= 11 is 8.56. The summed E-state index contributed by atoms with van der Waals surface area (Å²) in [5.41, 5.74) is 3.04. The van der Waals surface area contributed by atoms with Gasteiger partial charge >= 0.3 is 0 Å². The topological polar surface area (TPSA) is 17.1 Å². The monoisotopic (exact) mass is 416 g/mol. The van der Waals surface area contributed by atoms with Gasteiger partial charge in [0, 0.05) is 38.8 Å². The Labute approximate surface area is 108 Å². The van der Waals surface area contributed by atoms with Gasteiger partial charge in [-0.25, -0.2) is 0 Å².